The summed E-state index contributed by atoms with van der Waals surface area (Å²) in [5.74, 6) is -1.07. The van der Waals surface area contributed by atoms with Gasteiger partial charge in [0.25, 0.3) is 17.2 Å². The Balaban J connectivity index is 1.92. The fourth-order valence-corrected chi connectivity index (χ4v) is 4.98. The molecule has 11 heteroatoms. The highest BCUT2D eigenvalue weighted by Gasteiger charge is 2.28. The van der Waals surface area contributed by atoms with E-state index in [1.54, 1.807) is 19.1 Å². The molecular formula is C28H31N5O6. The fourth-order valence-electron chi connectivity index (χ4n) is 4.98. The van der Waals surface area contributed by atoms with Gasteiger partial charge in [0.1, 0.15) is 22.8 Å². The first-order valence-corrected chi connectivity index (χ1v) is 12.9. The summed E-state index contributed by atoms with van der Waals surface area (Å²) in [6.07, 6.45) is 4.58. The van der Waals surface area contributed by atoms with Crippen molar-refractivity contribution in [1.82, 2.24) is 14.9 Å². The van der Waals surface area contributed by atoms with E-state index in [2.05, 4.69) is 10.3 Å². The Morgan fingerprint density at radius 3 is 2.36 bits per heavy atom. The third kappa shape index (κ3) is 6.49. The van der Waals surface area contributed by atoms with Crippen molar-refractivity contribution in [3.8, 4) is 17.0 Å². The Bertz CT molecular complexity index is 1430. The monoisotopic (exact) mass is 533 g/mol. The lowest BCUT2D eigenvalue weighted by atomic mass is 9.95. The number of carbonyl (C=O) groups is 2. The molecule has 1 atom stereocenters. The number of rotatable bonds is 9. The number of hydrogen-bond acceptors (Lipinski definition) is 7. The van der Waals surface area contributed by atoms with Gasteiger partial charge in [-0.25, -0.2) is 4.98 Å². The average molecular weight is 534 g/mol. The first kappa shape index (κ1) is 27.5. The smallest absolute Gasteiger partial charge is 0.273 e. The fraction of sp³-hybridized carbons (Fsp3) is 0.357. The van der Waals surface area contributed by atoms with Gasteiger partial charge in [-0.3, -0.25) is 29.1 Å². The number of nitro benzene ring substituents is 1. The van der Waals surface area contributed by atoms with Crippen LogP contribution in [0.15, 0.2) is 53.3 Å². The zero-order chi connectivity index (χ0) is 28.1. The lowest BCUT2D eigenvalue weighted by molar-refractivity contribution is -0.384. The molecule has 0 radical (unpaired) electrons. The lowest BCUT2D eigenvalue weighted by Gasteiger charge is -2.26. The molecule has 1 aliphatic carbocycles. The number of nitrogens with zero attached hydrogens (tertiary/aromatic N) is 3. The first-order chi connectivity index (χ1) is 18.6. The highest BCUT2D eigenvalue weighted by Crippen LogP contribution is 2.28. The van der Waals surface area contributed by atoms with Gasteiger partial charge in [-0.2, -0.15) is 0 Å². The van der Waals surface area contributed by atoms with Crippen LogP contribution in [0.25, 0.3) is 11.3 Å². The number of primary amides is 1. The lowest BCUT2D eigenvalue weighted by Crippen LogP contribution is -2.42. The number of hydrogen-bond donors (Lipinski definition) is 3. The van der Waals surface area contributed by atoms with Crippen molar-refractivity contribution < 1.29 is 19.6 Å². The number of phenols is 1. The first-order valence-electron chi connectivity index (χ1n) is 12.9. The number of nitrogens with two attached hydrogens (primary N) is 1. The minimum absolute atomic E-state index is 0.0253. The van der Waals surface area contributed by atoms with Crippen LogP contribution in [0, 0.1) is 10.1 Å². The topological polar surface area (TPSA) is 170 Å². The van der Waals surface area contributed by atoms with Crippen LogP contribution < -0.4 is 16.6 Å². The Hall–Kier alpha value is -4.54. The molecule has 0 bridgehead atoms. The molecule has 1 aliphatic rings. The van der Waals surface area contributed by atoms with Crippen LogP contribution in [0.1, 0.15) is 73.2 Å². The van der Waals surface area contributed by atoms with E-state index in [9.17, 15) is 29.6 Å². The predicted molar refractivity (Wildman–Crippen MR) is 144 cm³/mol. The van der Waals surface area contributed by atoms with Crippen LogP contribution in [0.3, 0.4) is 0 Å². The van der Waals surface area contributed by atoms with Gasteiger partial charge in [-0.15, -0.1) is 0 Å². The molecule has 11 nitrogen and oxygen atoms in total. The molecule has 1 unspecified atom stereocenters. The van der Waals surface area contributed by atoms with Crippen molar-refractivity contribution >= 4 is 17.5 Å². The van der Waals surface area contributed by atoms with Crippen LogP contribution in [0.2, 0.25) is 0 Å². The van der Waals surface area contributed by atoms with E-state index in [0.29, 0.717) is 11.1 Å². The molecular weight excluding hydrogens is 502 g/mol. The second kappa shape index (κ2) is 11.9. The van der Waals surface area contributed by atoms with Crippen LogP contribution in [-0.4, -0.2) is 37.4 Å². The van der Waals surface area contributed by atoms with E-state index in [1.165, 1.54) is 41.0 Å². The molecule has 4 N–H and O–H groups in total. The molecule has 2 aromatic carbocycles. The molecule has 0 aliphatic heterocycles. The number of non-ortho nitro benzene ring substituents is 1. The van der Waals surface area contributed by atoms with Gasteiger partial charge < -0.3 is 16.2 Å². The van der Waals surface area contributed by atoms with E-state index < -0.39 is 28.3 Å². The maximum Gasteiger partial charge on any atom is 0.273 e. The van der Waals surface area contributed by atoms with Gasteiger partial charge >= 0.3 is 0 Å². The Kier molecular flexibility index (Phi) is 8.38. The molecule has 3 aromatic rings. The summed E-state index contributed by atoms with van der Waals surface area (Å²) in [5.41, 5.74) is 6.14. The highest BCUT2D eigenvalue weighted by molar-refractivity contribution is 5.98. The summed E-state index contributed by atoms with van der Waals surface area (Å²) >= 11 is 0. The van der Waals surface area contributed by atoms with Crippen LogP contribution >= 0.6 is 0 Å². The van der Waals surface area contributed by atoms with Crippen molar-refractivity contribution in [2.24, 2.45) is 5.73 Å². The average Bonchev–Trinajstić information content (AvgIpc) is 2.90. The number of carbonyl (C=O) groups excluding carboxylic acids is 2. The molecule has 0 spiro atoms. The Morgan fingerprint density at radius 1 is 1.13 bits per heavy atom. The largest absolute Gasteiger partial charge is 0.508 e. The minimum Gasteiger partial charge on any atom is -0.508 e. The SMILES string of the molecule is CC(CC(N)=O)n1c(C(=O)NC2CCCCC2)c(-c2ccc([N+](=O)[O-])cc2)nc(Cc2ccc(O)cc2)c1=O. The number of aromatic hydroxyl groups is 1. The summed E-state index contributed by atoms with van der Waals surface area (Å²) in [6, 6.07) is 11.0. The Morgan fingerprint density at radius 2 is 1.77 bits per heavy atom. The molecule has 204 valence electrons. The van der Waals surface area contributed by atoms with E-state index in [0.717, 1.165) is 32.1 Å². The van der Waals surface area contributed by atoms with Crippen LogP contribution in [0.4, 0.5) is 5.69 Å². The predicted octanol–water partition coefficient (Wildman–Crippen LogP) is 3.61. The zero-order valence-electron chi connectivity index (χ0n) is 21.6. The van der Waals surface area contributed by atoms with Gasteiger partial charge in [0, 0.05) is 42.6 Å². The van der Waals surface area contributed by atoms with Crippen molar-refractivity contribution in [1.29, 1.82) is 0 Å². The summed E-state index contributed by atoms with van der Waals surface area (Å²) in [7, 11) is 0. The van der Waals surface area contributed by atoms with Gasteiger partial charge in [0.15, 0.2) is 0 Å². The van der Waals surface area contributed by atoms with Gasteiger partial charge in [0.2, 0.25) is 5.91 Å². The molecule has 39 heavy (non-hydrogen) atoms. The van der Waals surface area contributed by atoms with Crippen molar-refractivity contribution in [2.45, 2.75) is 64.0 Å². The van der Waals surface area contributed by atoms with Gasteiger partial charge in [-0.05, 0) is 49.6 Å². The third-order valence-electron chi connectivity index (χ3n) is 6.93. The maximum atomic E-state index is 13.8. The summed E-state index contributed by atoms with van der Waals surface area (Å²) in [5, 5.41) is 23.9. The van der Waals surface area contributed by atoms with Crippen molar-refractivity contribution in [2.75, 3.05) is 0 Å². The second-order valence-corrected chi connectivity index (χ2v) is 9.91. The Labute approximate surface area is 224 Å². The van der Waals surface area contributed by atoms with Crippen LogP contribution in [-0.2, 0) is 11.2 Å². The highest BCUT2D eigenvalue weighted by atomic mass is 16.6. The summed E-state index contributed by atoms with van der Waals surface area (Å²) < 4.78 is 1.27. The van der Waals surface area contributed by atoms with Gasteiger partial charge in [-0.1, -0.05) is 31.4 Å². The van der Waals surface area contributed by atoms with Crippen molar-refractivity contribution in [3.63, 3.8) is 0 Å². The molecule has 1 saturated carbocycles. The molecule has 1 aromatic heterocycles. The molecule has 4 rings (SSSR count). The van der Waals surface area contributed by atoms with E-state index in [4.69, 9.17) is 5.73 Å². The number of benzene rings is 2. The zero-order valence-corrected chi connectivity index (χ0v) is 21.6. The molecule has 1 fully saturated rings. The third-order valence-corrected chi connectivity index (χ3v) is 6.93. The summed E-state index contributed by atoms with van der Waals surface area (Å²) in [4.78, 5) is 54.8. The standard InChI is InChI=1S/C28H31N5O6/c1-17(15-24(29)35)32-26(27(36)30-20-5-3-2-4-6-20)25(19-9-11-21(12-10-19)33(38)39)31-23(28(32)37)16-18-7-13-22(34)14-8-18/h7-14,17,20,34H,2-6,15-16H2,1H3,(H2,29,35)(H,30,36). The van der Waals surface area contributed by atoms with E-state index >= 15 is 0 Å². The van der Waals surface area contributed by atoms with Gasteiger partial charge in [0.05, 0.1) is 4.92 Å². The van der Waals surface area contributed by atoms with E-state index in [1.807, 2.05) is 0 Å². The summed E-state index contributed by atoms with van der Waals surface area (Å²) in [6.45, 7) is 1.63. The molecule has 0 saturated heterocycles. The number of aromatic nitrogens is 2. The number of phenolic OH excluding ortho intramolecular Hbond substituents is 1. The normalized spacial score (nSPS) is 14.5. The van der Waals surface area contributed by atoms with Crippen LogP contribution in [0.5, 0.6) is 5.75 Å². The minimum atomic E-state index is -0.763. The number of nitro groups is 1. The van der Waals surface area contributed by atoms with Crippen molar-refractivity contribution in [3.05, 3.63) is 86.0 Å². The molecule has 2 amide bonds. The van der Waals surface area contributed by atoms with E-state index in [-0.39, 0.29) is 47.4 Å². The second-order valence-electron chi connectivity index (χ2n) is 9.91. The molecule has 1 heterocycles. The number of amides is 2. The quantitative estimate of drug-likeness (QED) is 0.278. The number of nitrogens with one attached hydrogen (secondary N) is 1. The maximum absolute atomic E-state index is 13.8.